The number of ether oxygens (including phenoxy) is 2. The first-order valence-electron chi connectivity index (χ1n) is 5.99. The molecule has 0 radical (unpaired) electrons. The van der Waals surface area contributed by atoms with E-state index < -0.39 is 0 Å². The van der Waals surface area contributed by atoms with Gasteiger partial charge in [0.25, 0.3) is 0 Å². The number of hydrogen-bond donors (Lipinski definition) is 0. The van der Waals surface area contributed by atoms with E-state index in [-0.39, 0.29) is 4.83 Å². The van der Waals surface area contributed by atoms with Gasteiger partial charge in [-0.25, -0.2) is 0 Å². The third-order valence-electron chi connectivity index (χ3n) is 3.01. The van der Waals surface area contributed by atoms with Gasteiger partial charge in [-0.1, -0.05) is 22.0 Å². The zero-order valence-corrected chi connectivity index (χ0v) is 13.9. The molecule has 0 spiro atoms. The summed E-state index contributed by atoms with van der Waals surface area (Å²) in [5, 5.41) is 0. The van der Waals surface area contributed by atoms with E-state index in [9.17, 15) is 0 Å². The highest BCUT2D eigenvalue weighted by Gasteiger charge is 2.17. The van der Waals surface area contributed by atoms with Crippen molar-refractivity contribution in [2.75, 3.05) is 14.2 Å². The van der Waals surface area contributed by atoms with Gasteiger partial charge in [0, 0.05) is 9.75 Å². The molecule has 102 valence electrons. The molecule has 0 N–H and O–H groups in total. The Morgan fingerprint density at radius 2 is 1.74 bits per heavy atom. The van der Waals surface area contributed by atoms with Crippen LogP contribution in [0.3, 0.4) is 0 Å². The van der Waals surface area contributed by atoms with Crippen LogP contribution in [0, 0.1) is 13.8 Å². The van der Waals surface area contributed by atoms with Gasteiger partial charge in [0.05, 0.1) is 19.0 Å². The highest BCUT2D eigenvalue weighted by molar-refractivity contribution is 9.09. The van der Waals surface area contributed by atoms with Crippen LogP contribution in [0.4, 0.5) is 0 Å². The largest absolute Gasteiger partial charge is 0.493 e. The van der Waals surface area contributed by atoms with Crippen LogP contribution in [-0.4, -0.2) is 14.2 Å². The number of hydrogen-bond acceptors (Lipinski definition) is 3. The van der Waals surface area contributed by atoms with Crippen molar-refractivity contribution in [3.8, 4) is 11.5 Å². The highest BCUT2D eigenvalue weighted by Crippen LogP contribution is 2.40. The van der Waals surface area contributed by atoms with E-state index in [4.69, 9.17) is 9.47 Å². The van der Waals surface area contributed by atoms with Gasteiger partial charge in [0.2, 0.25) is 0 Å². The maximum atomic E-state index is 5.36. The molecule has 1 aromatic heterocycles. The minimum atomic E-state index is 0.186. The smallest absolute Gasteiger partial charge is 0.161 e. The lowest BCUT2D eigenvalue weighted by Gasteiger charge is -2.13. The highest BCUT2D eigenvalue weighted by atomic mass is 79.9. The molecular weight excluding hydrogens is 324 g/mol. The average molecular weight is 341 g/mol. The molecule has 0 fully saturated rings. The Balaban J connectivity index is 2.39. The Kier molecular flexibility index (Phi) is 4.53. The number of aryl methyl sites for hydroxylation is 2. The summed E-state index contributed by atoms with van der Waals surface area (Å²) in [6.45, 7) is 4.28. The summed E-state index contributed by atoms with van der Waals surface area (Å²) < 4.78 is 10.6. The van der Waals surface area contributed by atoms with Crippen LogP contribution in [0.25, 0.3) is 0 Å². The minimum Gasteiger partial charge on any atom is -0.493 e. The van der Waals surface area contributed by atoms with Gasteiger partial charge < -0.3 is 9.47 Å². The van der Waals surface area contributed by atoms with Gasteiger partial charge in [-0.15, -0.1) is 11.3 Å². The second-order valence-corrected chi connectivity index (χ2v) is 6.58. The van der Waals surface area contributed by atoms with Crippen molar-refractivity contribution in [2.24, 2.45) is 0 Å². The Labute approximate surface area is 126 Å². The first-order chi connectivity index (χ1) is 9.06. The predicted molar refractivity (Wildman–Crippen MR) is 84.1 cm³/mol. The molecular formula is C15H17BrO2S. The van der Waals surface area contributed by atoms with Crippen LogP contribution in [-0.2, 0) is 0 Å². The summed E-state index contributed by atoms with van der Waals surface area (Å²) in [6.07, 6.45) is 0. The van der Waals surface area contributed by atoms with Crippen LogP contribution in [0.1, 0.15) is 25.7 Å². The first-order valence-corrected chi connectivity index (χ1v) is 7.73. The predicted octanol–water partition coefficient (Wildman–Crippen LogP) is 4.87. The summed E-state index contributed by atoms with van der Waals surface area (Å²) in [7, 11) is 3.31. The average Bonchev–Trinajstić information content (AvgIpc) is 2.76. The SMILES string of the molecule is COc1ccc(C(Br)c2sc(C)cc2C)cc1OC. The molecule has 19 heavy (non-hydrogen) atoms. The zero-order chi connectivity index (χ0) is 14.0. The fraction of sp³-hybridized carbons (Fsp3) is 0.333. The first kappa shape index (κ1) is 14.4. The molecule has 0 aliphatic rings. The Bertz CT molecular complexity index is 578. The van der Waals surface area contributed by atoms with Crippen LogP contribution >= 0.6 is 27.3 Å². The molecule has 0 aliphatic carbocycles. The number of methoxy groups -OCH3 is 2. The molecule has 0 saturated carbocycles. The van der Waals surface area contributed by atoms with Crippen LogP contribution in [0.5, 0.6) is 11.5 Å². The summed E-state index contributed by atoms with van der Waals surface area (Å²) in [5.74, 6) is 1.51. The molecule has 1 atom stereocenters. The standard InChI is InChI=1S/C15H17BrO2S/c1-9-7-10(2)19-15(9)14(16)11-5-6-12(17-3)13(8-11)18-4/h5-8,14H,1-4H3. The molecule has 0 bridgehead atoms. The molecule has 2 nitrogen and oxygen atoms in total. The number of alkyl halides is 1. The summed E-state index contributed by atoms with van der Waals surface area (Å²) in [4.78, 5) is 2.85. The van der Waals surface area contributed by atoms with Gasteiger partial charge in [-0.2, -0.15) is 0 Å². The van der Waals surface area contributed by atoms with Crippen molar-refractivity contribution < 1.29 is 9.47 Å². The van der Waals surface area contributed by atoms with Gasteiger partial charge in [0.15, 0.2) is 11.5 Å². The molecule has 1 aromatic carbocycles. The van der Waals surface area contributed by atoms with Crippen molar-refractivity contribution in [3.05, 3.63) is 45.1 Å². The second kappa shape index (κ2) is 5.97. The molecule has 0 aliphatic heterocycles. The van der Waals surface area contributed by atoms with E-state index >= 15 is 0 Å². The number of thiophene rings is 1. The number of halogens is 1. The molecule has 0 amide bonds. The van der Waals surface area contributed by atoms with Gasteiger partial charge in [0.1, 0.15) is 0 Å². The maximum absolute atomic E-state index is 5.36. The molecule has 1 unspecified atom stereocenters. The third kappa shape index (κ3) is 2.95. The molecule has 2 aromatic rings. The van der Waals surface area contributed by atoms with E-state index in [1.807, 2.05) is 23.5 Å². The summed E-state index contributed by atoms with van der Waals surface area (Å²) >= 11 is 5.60. The lowest BCUT2D eigenvalue weighted by atomic mass is 10.1. The molecule has 0 saturated heterocycles. The van der Waals surface area contributed by atoms with E-state index in [1.165, 1.54) is 20.9 Å². The Hall–Kier alpha value is -1.00. The van der Waals surface area contributed by atoms with Crippen LogP contribution in [0.2, 0.25) is 0 Å². The molecule has 1 heterocycles. The quantitative estimate of drug-likeness (QED) is 0.739. The van der Waals surface area contributed by atoms with Crippen molar-refractivity contribution in [3.63, 3.8) is 0 Å². The van der Waals surface area contributed by atoms with Crippen LogP contribution < -0.4 is 9.47 Å². The Morgan fingerprint density at radius 3 is 2.26 bits per heavy atom. The van der Waals surface area contributed by atoms with E-state index in [2.05, 4.69) is 41.9 Å². The lowest BCUT2D eigenvalue weighted by molar-refractivity contribution is 0.354. The molecule has 4 heteroatoms. The zero-order valence-electron chi connectivity index (χ0n) is 11.5. The lowest BCUT2D eigenvalue weighted by Crippen LogP contribution is -1.95. The number of benzene rings is 1. The van der Waals surface area contributed by atoms with Crippen molar-refractivity contribution in [1.29, 1.82) is 0 Å². The van der Waals surface area contributed by atoms with Gasteiger partial charge in [-0.05, 0) is 43.2 Å². The Morgan fingerprint density at radius 1 is 1.05 bits per heavy atom. The van der Waals surface area contributed by atoms with E-state index in [1.54, 1.807) is 14.2 Å². The maximum Gasteiger partial charge on any atom is 0.161 e. The van der Waals surface area contributed by atoms with Crippen molar-refractivity contribution >= 4 is 27.3 Å². The normalized spacial score (nSPS) is 12.3. The third-order valence-corrected chi connectivity index (χ3v) is 5.52. The number of rotatable bonds is 4. The summed E-state index contributed by atoms with van der Waals surface area (Å²) in [6, 6.07) is 8.25. The van der Waals surface area contributed by atoms with E-state index in [0.717, 1.165) is 11.5 Å². The van der Waals surface area contributed by atoms with E-state index in [0.29, 0.717) is 0 Å². The fourth-order valence-electron chi connectivity index (χ4n) is 2.07. The second-order valence-electron chi connectivity index (χ2n) is 4.38. The van der Waals surface area contributed by atoms with Crippen molar-refractivity contribution in [1.82, 2.24) is 0 Å². The van der Waals surface area contributed by atoms with Crippen LogP contribution in [0.15, 0.2) is 24.3 Å². The fourth-order valence-corrected chi connectivity index (χ4v) is 4.04. The topological polar surface area (TPSA) is 18.5 Å². The van der Waals surface area contributed by atoms with Gasteiger partial charge in [-0.3, -0.25) is 0 Å². The summed E-state index contributed by atoms with van der Waals surface area (Å²) in [5.41, 5.74) is 2.49. The minimum absolute atomic E-state index is 0.186. The monoisotopic (exact) mass is 340 g/mol. The van der Waals surface area contributed by atoms with Crippen molar-refractivity contribution in [2.45, 2.75) is 18.7 Å². The van der Waals surface area contributed by atoms with Gasteiger partial charge >= 0.3 is 0 Å². The molecule has 2 rings (SSSR count).